The molecule has 0 aliphatic carbocycles. The summed E-state index contributed by atoms with van der Waals surface area (Å²) in [7, 11) is -0.993. The number of fused-ring (bicyclic) bond motifs is 1. The van der Waals surface area contributed by atoms with Crippen LogP contribution in [0.25, 0.3) is 10.8 Å². The average molecular weight is 351 g/mol. The Morgan fingerprint density at radius 3 is 2.40 bits per heavy atom. The number of hydrogen-bond acceptors (Lipinski definition) is 3. The first kappa shape index (κ1) is 16.7. The molecule has 1 fully saturated rings. The van der Waals surface area contributed by atoms with Gasteiger partial charge in [-0.05, 0) is 34.9 Å². The first-order valence-electron chi connectivity index (χ1n) is 8.60. The Balaban J connectivity index is 1.62. The van der Waals surface area contributed by atoms with Gasteiger partial charge < -0.3 is 4.89 Å². The van der Waals surface area contributed by atoms with E-state index in [4.69, 9.17) is 4.52 Å². The second-order valence-corrected chi connectivity index (χ2v) is 9.16. The van der Waals surface area contributed by atoms with Gasteiger partial charge in [0.1, 0.15) is 12.3 Å². The van der Waals surface area contributed by atoms with Crippen LogP contribution in [-0.2, 0) is 10.7 Å². The summed E-state index contributed by atoms with van der Waals surface area (Å²) < 4.78 is 8.09. The molecule has 1 saturated heterocycles. The number of benzene rings is 3. The average Bonchev–Trinajstić information content (AvgIpc) is 2.87. The van der Waals surface area contributed by atoms with Crippen LogP contribution in [0.5, 0.6) is 0 Å². The van der Waals surface area contributed by atoms with Crippen molar-refractivity contribution in [1.29, 1.82) is 0 Å². The first-order chi connectivity index (χ1) is 12.1. The highest BCUT2D eigenvalue weighted by atomic mass is 31.2. The van der Waals surface area contributed by atoms with E-state index < -0.39 is 7.87 Å². The van der Waals surface area contributed by atoms with Gasteiger partial charge in [0.2, 0.25) is 0 Å². The van der Waals surface area contributed by atoms with Crippen molar-refractivity contribution < 1.29 is 9.42 Å². The van der Waals surface area contributed by atoms with Gasteiger partial charge in [0.25, 0.3) is 0 Å². The van der Waals surface area contributed by atoms with Gasteiger partial charge in [-0.3, -0.25) is 0 Å². The summed E-state index contributed by atoms with van der Waals surface area (Å²) in [5.74, 6) is 0. The van der Waals surface area contributed by atoms with Crippen molar-refractivity contribution in [2.24, 2.45) is 0 Å². The number of nitrogens with zero attached hydrogens (tertiary/aromatic N) is 1. The second kappa shape index (κ2) is 6.51. The van der Waals surface area contributed by atoms with Crippen molar-refractivity contribution in [2.75, 3.05) is 7.05 Å². The molecule has 1 unspecified atom stereocenters. The van der Waals surface area contributed by atoms with Crippen molar-refractivity contribution in [3.63, 3.8) is 0 Å². The third-order valence-electron chi connectivity index (χ3n) is 5.11. The maximum Gasteiger partial charge on any atom is 0.179 e. The first-order valence-corrected chi connectivity index (χ1v) is 10.4. The van der Waals surface area contributed by atoms with Gasteiger partial charge in [-0.15, -0.1) is 0 Å². The molecule has 128 valence electrons. The van der Waals surface area contributed by atoms with Gasteiger partial charge >= 0.3 is 0 Å². The Hall–Kier alpha value is -1.77. The maximum atomic E-state index is 13.5. The van der Waals surface area contributed by atoms with Crippen LogP contribution in [0.1, 0.15) is 24.2 Å². The Labute approximate surface area is 149 Å². The smallest absolute Gasteiger partial charge is 0.179 e. The molecule has 0 aromatic heterocycles. The number of hydrogen-bond donors (Lipinski definition) is 0. The van der Waals surface area contributed by atoms with Crippen LogP contribution in [0.4, 0.5) is 0 Å². The Morgan fingerprint density at radius 1 is 0.960 bits per heavy atom. The van der Waals surface area contributed by atoms with E-state index >= 15 is 0 Å². The van der Waals surface area contributed by atoms with E-state index in [-0.39, 0.29) is 12.1 Å². The molecule has 0 amide bonds. The third kappa shape index (κ3) is 3.09. The SMILES string of the molecule is C[C@H]1[C@@H](c2ccccc2)O[P+]([O-])(Cc2ccc3ccccc3c2)N1C. The molecule has 0 bridgehead atoms. The topological polar surface area (TPSA) is 35.5 Å². The summed E-state index contributed by atoms with van der Waals surface area (Å²) >= 11 is 0. The lowest BCUT2D eigenvalue weighted by molar-refractivity contribution is -0.201. The Bertz CT molecular complexity index is 885. The third-order valence-corrected chi connectivity index (χ3v) is 7.76. The highest BCUT2D eigenvalue weighted by molar-refractivity contribution is 7.61. The van der Waals surface area contributed by atoms with Gasteiger partial charge in [-0.1, -0.05) is 66.7 Å². The molecule has 3 nitrogen and oxygen atoms in total. The molecule has 4 rings (SSSR count). The molecule has 1 heterocycles. The normalized spacial score (nSPS) is 27.0. The van der Waals surface area contributed by atoms with Crippen LogP contribution in [-0.4, -0.2) is 17.8 Å². The largest absolute Gasteiger partial charge is 0.641 e. The van der Waals surface area contributed by atoms with Crippen molar-refractivity contribution in [3.05, 3.63) is 83.9 Å². The van der Waals surface area contributed by atoms with Crippen molar-refractivity contribution in [1.82, 2.24) is 4.67 Å². The molecule has 1 aliphatic rings. The molecule has 0 spiro atoms. The summed E-state index contributed by atoms with van der Waals surface area (Å²) in [6.45, 7) is 2.08. The zero-order valence-electron chi connectivity index (χ0n) is 14.5. The van der Waals surface area contributed by atoms with Gasteiger partial charge in [0.05, 0.1) is 6.04 Å². The fraction of sp³-hybridized carbons (Fsp3) is 0.238. The van der Waals surface area contributed by atoms with Crippen LogP contribution in [0.15, 0.2) is 72.8 Å². The molecule has 25 heavy (non-hydrogen) atoms. The van der Waals surface area contributed by atoms with Crippen LogP contribution >= 0.6 is 7.87 Å². The van der Waals surface area contributed by atoms with Gasteiger partial charge in [-0.2, -0.15) is 4.67 Å². The van der Waals surface area contributed by atoms with Crippen molar-refractivity contribution in [2.45, 2.75) is 25.2 Å². The van der Waals surface area contributed by atoms with E-state index in [1.165, 1.54) is 10.8 Å². The molecule has 4 heteroatoms. The minimum absolute atomic E-state index is 0.0775. The minimum atomic E-state index is -2.91. The fourth-order valence-corrected chi connectivity index (χ4v) is 5.95. The lowest BCUT2D eigenvalue weighted by Crippen LogP contribution is -2.29. The molecule has 0 radical (unpaired) electrons. The van der Waals surface area contributed by atoms with Crippen LogP contribution in [0.3, 0.4) is 0 Å². The lowest BCUT2D eigenvalue weighted by Gasteiger charge is -2.30. The molecule has 0 saturated carbocycles. The van der Waals surface area contributed by atoms with Crippen LogP contribution in [0.2, 0.25) is 0 Å². The van der Waals surface area contributed by atoms with E-state index in [9.17, 15) is 4.89 Å². The Morgan fingerprint density at radius 2 is 1.64 bits per heavy atom. The molecule has 3 aromatic rings. The zero-order chi connectivity index (χ0) is 17.4. The van der Waals surface area contributed by atoms with E-state index in [1.54, 1.807) is 0 Å². The standard InChI is InChI=1S/C21H22NO2P/c1-16-21(19-9-4-3-5-10-19)24-25(23,22(16)2)15-17-12-13-18-8-6-7-11-20(18)14-17/h3-14,16,21H,15H2,1-2H3/t16-,21-,25?/m0/s1. The maximum absolute atomic E-state index is 13.5. The molecule has 3 atom stereocenters. The molecular weight excluding hydrogens is 329 g/mol. The molecule has 1 aliphatic heterocycles. The molecule has 0 N–H and O–H groups in total. The highest BCUT2D eigenvalue weighted by Crippen LogP contribution is 2.66. The van der Waals surface area contributed by atoms with Gasteiger partial charge in [0, 0.05) is 7.05 Å². The fourth-order valence-electron chi connectivity index (χ4n) is 3.51. The quantitative estimate of drug-likeness (QED) is 0.649. The predicted molar refractivity (Wildman–Crippen MR) is 102 cm³/mol. The van der Waals surface area contributed by atoms with E-state index in [1.807, 2.05) is 54.2 Å². The summed E-state index contributed by atoms with van der Waals surface area (Å²) in [4.78, 5) is 13.5. The highest BCUT2D eigenvalue weighted by Gasteiger charge is 2.50. The van der Waals surface area contributed by atoms with Gasteiger partial charge in [0.15, 0.2) is 7.87 Å². The molecular formula is C21H22NO2P. The summed E-state index contributed by atoms with van der Waals surface area (Å²) in [5, 5.41) is 2.36. The number of likely N-dealkylation sites (N-methyl/N-ethyl adjacent to an activating group) is 1. The minimum Gasteiger partial charge on any atom is -0.641 e. The van der Waals surface area contributed by atoms with E-state index in [0.717, 1.165) is 11.1 Å². The van der Waals surface area contributed by atoms with E-state index in [2.05, 4.69) is 37.3 Å². The zero-order valence-corrected chi connectivity index (χ0v) is 15.4. The predicted octanol–water partition coefficient (Wildman–Crippen LogP) is 4.55. The number of rotatable bonds is 3. The van der Waals surface area contributed by atoms with Crippen molar-refractivity contribution in [3.8, 4) is 0 Å². The lowest BCUT2D eigenvalue weighted by atomic mass is 10.0. The van der Waals surface area contributed by atoms with Crippen LogP contribution < -0.4 is 4.89 Å². The van der Waals surface area contributed by atoms with Crippen LogP contribution in [0, 0.1) is 0 Å². The van der Waals surface area contributed by atoms with E-state index in [0.29, 0.717) is 6.16 Å². The molecule has 3 aromatic carbocycles. The summed E-state index contributed by atoms with van der Waals surface area (Å²) in [6.07, 6.45) is 0.277. The van der Waals surface area contributed by atoms with Gasteiger partial charge in [-0.25, -0.2) is 4.52 Å². The van der Waals surface area contributed by atoms with Crippen molar-refractivity contribution >= 4 is 18.6 Å². The second-order valence-electron chi connectivity index (χ2n) is 6.73. The monoisotopic (exact) mass is 351 g/mol. The summed E-state index contributed by atoms with van der Waals surface area (Å²) in [6, 6.07) is 24.6. The summed E-state index contributed by atoms with van der Waals surface area (Å²) in [5.41, 5.74) is 2.13. The Kier molecular flexibility index (Phi) is 4.35.